The number of nitrogens with zero attached hydrogens (tertiary/aromatic N) is 4. The van der Waals surface area contributed by atoms with Crippen molar-refractivity contribution in [2.75, 3.05) is 33.3 Å². The van der Waals surface area contributed by atoms with Crippen LogP contribution in [-0.2, 0) is 20.0 Å². The molecule has 0 aliphatic heterocycles. The fourth-order valence-electron chi connectivity index (χ4n) is 3.69. The van der Waals surface area contributed by atoms with Crippen LogP contribution in [0.5, 0.6) is 5.75 Å². The summed E-state index contributed by atoms with van der Waals surface area (Å²) < 4.78 is 8.02. The number of hydrogen-bond acceptors (Lipinski definition) is 4. The Hall–Kier alpha value is -1.81. The van der Waals surface area contributed by atoms with Gasteiger partial charge in [-0.2, -0.15) is 5.10 Å². The van der Waals surface area contributed by atoms with E-state index in [0.717, 1.165) is 49.0 Å². The van der Waals surface area contributed by atoms with Crippen LogP contribution in [0.25, 0.3) is 0 Å². The van der Waals surface area contributed by atoms with Gasteiger partial charge in [0, 0.05) is 44.5 Å². The minimum Gasteiger partial charge on any atom is -0.492 e. The van der Waals surface area contributed by atoms with E-state index in [0.29, 0.717) is 13.2 Å². The fourth-order valence-corrected chi connectivity index (χ4v) is 3.69. The van der Waals surface area contributed by atoms with Crippen LogP contribution >= 0.6 is 24.0 Å². The second-order valence-corrected chi connectivity index (χ2v) is 7.93. The molecule has 180 valence electrons. The van der Waals surface area contributed by atoms with Crippen LogP contribution in [0, 0.1) is 13.8 Å². The van der Waals surface area contributed by atoms with Gasteiger partial charge in [0.1, 0.15) is 12.4 Å². The summed E-state index contributed by atoms with van der Waals surface area (Å²) in [5.41, 5.74) is 4.72. The highest BCUT2D eigenvalue weighted by Gasteiger charge is 2.14. The normalized spacial score (nSPS) is 12.4. The van der Waals surface area contributed by atoms with Gasteiger partial charge >= 0.3 is 0 Å². The first kappa shape index (κ1) is 28.2. The van der Waals surface area contributed by atoms with Crippen molar-refractivity contribution in [2.45, 2.75) is 53.6 Å². The summed E-state index contributed by atoms with van der Waals surface area (Å²) in [6.45, 7) is 15.1. The predicted octanol–water partition coefficient (Wildman–Crippen LogP) is 3.67. The molecule has 1 heterocycles. The van der Waals surface area contributed by atoms with Gasteiger partial charge in [0.15, 0.2) is 5.96 Å². The van der Waals surface area contributed by atoms with E-state index >= 15 is 0 Å². The second kappa shape index (κ2) is 14.4. The van der Waals surface area contributed by atoms with Gasteiger partial charge in [-0.1, -0.05) is 32.0 Å². The lowest BCUT2D eigenvalue weighted by Gasteiger charge is -2.20. The maximum atomic E-state index is 6.07. The van der Waals surface area contributed by atoms with Gasteiger partial charge in [-0.25, -0.2) is 0 Å². The lowest BCUT2D eigenvalue weighted by atomic mass is 10.1. The zero-order valence-electron chi connectivity index (χ0n) is 20.7. The van der Waals surface area contributed by atoms with Crippen molar-refractivity contribution < 1.29 is 4.74 Å². The molecule has 0 fully saturated rings. The number of ether oxygens (including phenoxy) is 1. The Morgan fingerprint density at radius 1 is 1.22 bits per heavy atom. The number of guanidine groups is 1. The first-order chi connectivity index (χ1) is 14.9. The molecule has 0 spiro atoms. The van der Waals surface area contributed by atoms with E-state index < -0.39 is 0 Å². The van der Waals surface area contributed by atoms with E-state index in [4.69, 9.17) is 4.74 Å². The molecule has 2 aromatic rings. The topological polar surface area (TPSA) is 66.7 Å². The summed E-state index contributed by atoms with van der Waals surface area (Å²) in [5, 5.41) is 11.4. The molecular formula is C24H41IN6O. The molecule has 2 N–H and O–H groups in total. The molecule has 7 nitrogen and oxygen atoms in total. The average Bonchev–Trinajstić information content (AvgIpc) is 3.00. The Bertz CT molecular complexity index is 847. The minimum atomic E-state index is 0. The molecule has 8 heteroatoms. The summed E-state index contributed by atoms with van der Waals surface area (Å²) in [7, 11) is 3.79. The van der Waals surface area contributed by atoms with Crippen molar-refractivity contribution in [3.63, 3.8) is 0 Å². The Morgan fingerprint density at radius 2 is 1.91 bits per heavy atom. The van der Waals surface area contributed by atoms with Crippen molar-refractivity contribution in [1.29, 1.82) is 0 Å². The molecule has 0 saturated heterocycles. The Balaban J connectivity index is 0.00000512. The van der Waals surface area contributed by atoms with E-state index in [9.17, 15) is 0 Å². The van der Waals surface area contributed by atoms with E-state index in [1.165, 1.54) is 11.3 Å². The zero-order valence-corrected chi connectivity index (χ0v) is 23.1. The lowest BCUT2D eigenvalue weighted by Crippen LogP contribution is -2.42. The minimum absolute atomic E-state index is 0. The van der Waals surface area contributed by atoms with E-state index in [2.05, 4.69) is 66.3 Å². The molecule has 32 heavy (non-hydrogen) atoms. The van der Waals surface area contributed by atoms with Crippen LogP contribution in [-0.4, -0.2) is 60.0 Å². The Labute approximate surface area is 211 Å². The summed E-state index contributed by atoms with van der Waals surface area (Å²) in [4.78, 5) is 6.76. The van der Waals surface area contributed by atoms with Gasteiger partial charge in [-0.05, 0) is 51.9 Å². The van der Waals surface area contributed by atoms with Crippen LogP contribution in [0.15, 0.2) is 29.3 Å². The van der Waals surface area contributed by atoms with Crippen molar-refractivity contribution in [3.05, 3.63) is 46.8 Å². The van der Waals surface area contributed by atoms with Crippen LogP contribution in [0.2, 0.25) is 0 Å². The highest BCUT2D eigenvalue weighted by Crippen LogP contribution is 2.18. The molecular weight excluding hydrogens is 515 g/mol. The monoisotopic (exact) mass is 556 g/mol. The lowest BCUT2D eigenvalue weighted by molar-refractivity contribution is 0.221. The van der Waals surface area contributed by atoms with Crippen LogP contribution < -0.4 is 15.4 Å². The van der Waals surface area contributed by atoms with Gasteiger partial charge in [-0.15, -0.1) is 24.0 Å². The third-order valence-electron chi connectivity index (χ3n) is 5.75. The quantitative estimate of drug-likeness (QED) is 0.251. The van der Waals surface area contributed by atoms with Crippen LogP contribution in [0.3, 0.4) is 0 Å². The highest BCUT2D eigenvalue weighted by molar-refractivity contribution is 14.0. The second-order valence-electron chi connectivity index (χ2n) is 7.93. The molecule has 0 radical (unpaired) electrons. The van der Waals surface area contributed by atoms with E-state index in [1.54, 1.807) is 7.05 Å². The maximum absolute atomic E-state index is 6.07. The molecule has 1 atom stereocenters. The number of aliphatic imine (C=N–C) groups is 1. The molecule has 1 aromatic carbocycles. The van der Waals surface area contributed by atoms with Crippen LogP contribution in [0.1, 0.15) is 43.3 Å². The standard InChI is InChI=1S/C24H40N6O.HI/c1-8-30(9-2)14-15-31-23-13-11-10-12-21(23)17-26-24(25-6)27-18(3)16-22-19(4)28-29(7)20(22)5;/h10-13,18H,8-9,14-17H2,1-7H3,(H2,25,26,27);1H. The molecule has 0 amide bonds. The number of para-hydroxylation sites is 1. The Kier molecular flexibility index (Phi) is 12.7. The highest BCUT2D eigenvalue weighted by atomic mass is 127. The molecule has 0 aliphatic carbocycles. The predicted molar refractivity (Wildman–Crippen MR) is 144 cm³/mol. The molecule has 1 unspecified atom stereocenters. The number of benzene rings is 1. The summed E-state index contributed by atoms with van der Waals surface area (Å²) in [6, 6.07) is 8.42. The van der Waals surface area contributed by atoms with Gasteiger partial charge in [0.05, 0.1) is 5.69 Å². The number of rotatable bonds is 11. The summed E-state index contributed by atoms with van der Waals surface area (Å²) in [6.07, 6.45) is 0.900. The fraction of sp³-hybridized carbons (Fsp3) is 0.583. The SMILES string of the molecule is CCN(CC)CCOc1ccccc1CNC(=NC)NC(C)Cc1c(C)nn(C)c1C.I. The number of halogens is 1. The van der Waals surface area contributed by atoms with Crippen molar-refractivity contribution >= 4 is 29.9 Å². The van der Waals surface area contributed by atoms with E-state index in [-0.39, 0.29) is 30.0 Å². The van der Waals surface area contributed by atoms with Gasteiger partial charge in [0.2, 0.25) is 0 Å². The van der Waals surface area contributed by atoms with Gasteiger partial charge in [0.25, 0.3) is 0 Å². The average molecular weight is 557 g/mol. The molecule has 0 aliphatic rings. The number of nitrogens with one attached hydrogen (secondary N) is 2. The molecule has 2 rings (SSSR count). The third kappa shape index (κ3) is 8.27. The van der Waals surface area contributed by atoms with Crippen molar-refractivity contribution in [2.24, 2.45) is 12.0 Å². The third-order valence-corrected chi connectivity index (χ3v) is 5.75. The first-order valence-electron chi connectivity index (χ1n) is 11.3. The molecule has 0 saturated carbocycles. The van der Waals surface area contributed by atoms with Gasteiger partial charge < -0.3 is 20.3 Å². The maximum Gasteiger partial charge on any atom is 0.191 e. The van der Waals surface area contributed by atoms with Crippen molar-refractivity contribution in [1.82, 2.24) is 25.3 Å². The summed E-state index contributed by atoms with van der Waals surface area (Å²) in [5.74, 6) is 1.71. The first-order valence-corrected chi connectivity index (χ1v) is 11.3. The summed E-state index contributed by atoms with van der Waals surface area (Å²) >= 11 is 0. The van der Waals surface area contributed by atoms with Crippen molar-refractivity contribution in [3.8, 4) is 5.75 Å². The number of aryl methyl sites for hydroxylation is 2. The molecule has 1 aromatic heterocycles. The smallest absolute Gasteiger partial charge is 0.191 e. The number of aromatic nitrogens is 2. The number of hydrogen-bond donors (Lipinski definition) is 2. The zero-order chi connectivity index (χ0) is 22.8. The van der Waals surface area contributed by atoms with Gasteiger partial charge in [-0.3, -0.25) is 9.67 Å². The molecule has 0 bridgehead atoms. The van der Waals surface area contributed by atoms with Crippen LogP contribution in [0.4, 0.5) is 0 Å². The van der Waals surface area contributed by atoms with E-state index in [1.807, 2.05) is 29.9 Å². The largest absolute Gasteiger partial charge is 0.492 e. The Morgan fingerprint density at radius 3 is 2.50 bits per heavy atom. The number of likely N-dealkylation sites (N-methyl/N-ethyl adjacent to an activating group) is 1.